The highest BCUT2D eigenvalue weighted by Gasteiger charge is 2.37. The SMILES string of the molecule is COc1cc(Nc2ncc(-c3cnc(OC)c(C(=O)NS(=O)(=O)c4sc(C)nc4C)c3)c(-n3nc(C(F)(F)F)cc3C)n2)cc(OC)c1.COc1cc(Nc2ncc(-c3cnc(OC)c(C(=O)O)c3)c(-n3nc(C(F)(F)F)cc3C)n2)cc(OC)c1. The van der Waals surface area contributed by atoms with Gasteiger partial charge in [0, 0.05) is 106 Å². The number of carboxylic acid groups (broad SMARTS) is 1. The van der Waals surface area contributed by atoms with Crippen molar-refractivity contribution in [2.75, 3.05) is 53.3 Å². The number of carbonyl (C=O) groups is 2. The van der Waals surface area contributed by atoms with Crippen molar-refractivity contribution in [2.45, 2.75) is 44.3 Å². The van der Waals surface area contributed by atoms with Crippen molar-refractivity contribution in [1.82, 2.24) is 59.2 Å². The largest absolute Gasteiger partial charge is 0.497 e. The van der Waals surface area contributed by atoms with Gasteiger partial charge < -0.3 is 44.2 Å². The molecule has 0 radical (unpaired) electrons. The summed E-state index contributed by atoms with van der Waals surface area (Å²) in [6.07, 6.45) is -4.26. The maximum absolute atomic E-state index is 13.7. The van der Waals surface area contributed by atoms with Crippen molar-refractivity contribution in [3.8, 4) is 68.6 Å². The van der Waals surface area contributed by atoms with Gasteiger partial charge in [0.2, 0.25) is 23.7 Å². The zero-order valence-electron chi connectivity index (χ0n) is 46.6. The quantitative estimate of drug-likeness (QED) is 0.0581. The number of hydrogen-bond acceptors (Lipinski definition) is 22. The number of methoxy groups -OCH3 is 6. The molecule has 0 spiro atoms. The third-order valence-corrected chi connectivity index (χ3v) is 15.0. The summed E-state index contributed by atoms with van der Waals surface area (Å²) in [6.45, 7) is 5.97. The Labute approximate surface area is 488 Å². The van der Waals surface area contributed by atoms with Gasteiger partial charge in [-0.05, 0) is 52.0 Å². The minimum atomic E-state index is -4.76. The first-order valence-corrected chi connectivity index (χ1v) is 26.8. The molecule has 0 aliphatic rings. The number of aromatic nitrogens is 11. The lowest BCUT2D eigenvalue weighted by Crippen LogP contribution is -2.31. The van der Waals surface area contributed by atoms with Crippen LogP contribution in [0.4, 0.5) is 49.6 Å². The molecule has 0 atom stereocenters. The van der Waals surface area contributed by atoms with Gasteiger partial charge in [-0.1, -0.05) is 0 Å². The number of anilines is 4. The molecule has 0 unspecified atom stereocenters. The lowest BCUT2D eigenvalue weighted by molar-refractivity contribution is -0.142. The summed E-state index contributed by atoms with van der Waals surface area (Å²) in [6, 6.07) is 14.1. The summed E-state index contributed by atoms with van der Waals surface area (Å²) in [7, 11) is 4.07. The number of benzene rings is 2. The molecule has 1 amide bonds. The van der Waals surface area contributed by atoms with E-state index in [1.807, 2.05) is 4.72 Å². The number of carboxylic acids is 1. The van der Waals surface area contributed by atoms with Crippen molar-refractivity contribution in [3.05, 3.63) is 130 Å². The van der Waals surface area contributed by atoms with Crippen LogP contribution in [0, 0.1) is 27.7 Å². The highest BCUT2D eigenvalue weighted by molar-refractivity contribution is 7.92. The molecule has 0 aliphatic heterocycles. The second kappa shape index (κ2) is 25.0. The molecule has 0 bridgehead atoms. The molecule has 33 heteroatoms. The second-order valence-electron chi connectivity index (χ2n) is 17.9. The van der Waals surface area contributed by atoms with Gasteiger partial charge in [0.1, 0.15) is 34.1 Å². The van der Waals surface area contributed by atoms with Crippen LogP contribution in [0.1, 0.15) is 54.2 Å². The molecule has 0 aliphatic carbocycles. The number of pyridine rings is 2. The zero-order chi connectivity index (χ0) is 62.6. The summed E-state index contributed by atoms with van der Waals surface area (Å²) in [5.41, 5.74) is -0.849. The van der Waals surface area contributed by atoms with E-state index in [1.54, 1.807) is 43.3 Å². The van der Waals surface area contributed by atoms with Crippen LogP contribution in [0.2, 0.25) is 0 Å². The predicted molar refractivity (Wildman–Crippen MR) is 296 cm³/mol. The first-order valence-electron chi connectivity index (χ1n) is 24.5. The Kier molecular flexibility index (Phi) is 18.0. The lowest BCUT2D eigenvalue weighted by atomic mass is 10.1. The number of carbonyl (C=O) groups excluding carboxylic acids is 1. The number of nitrogens with one attached hydrogen (secondary N) is 3. The predicted octanol–water partition coefficient (Wildman–Crippen LogP) is 9.53. The fraction of sp³-hybridized carbons (Fsp3) is 0.226. The van der Waals surface area contributed by atoms with Crippen molar-refractivity contribution >= 4 is 56.5 Å². The van der Waals surface area contributed by atoms with Gasteiger partial charge in [-0.25, -0.2) is 52.2 Å². The molecule has 0 saturated carbocycles. The molecule has 9 rings (SSSR count). The van der Waals surface area contributed by atoms with E-state index in [9.17, 15) is 49.5 Å². The molecule has 86 heavy (non-hydrogen) atoms. The Bertz CT molecular complexity index is 4110. The number of ether oxygens (including phenoxy) is 6. The van der Waals surface area contributed by atoms with Crippen LogP contribution in [0.5, 0.6) is 34.8 Å². The second-order valence-corrected chi connectivity index (χ2v) is 21.0. The van der Waals surface area contributed by atoms with Crippen molar-refractivity contribution in [1.29, 1.82) is 0 Å². The van der Waals surface area contributed by atoms with Crippen molar-refractivity contribution in [2.24, 2.45) is 0 Å². The number of aromatic carboxylic acids is 1. The van der Waals surface area contributed by atoms with Crippen LogP contribution in [0.3, 0.4) is 0 Å². The average Bonchev–Trinajstić information content (AvgIpc) is 1.67. The fourth-order valence-electron chi connectivity index (χ4n) is 8.09. The summed E-state index contributed by atoms with van der Waals surface area (Å²) in [4.78, 5) is 54.9. The van der Waals surface area contributed by atoms with E-state index < -0.39 is 45.6 Å². The molecule has 0 fully saturated rings. The van der Waals surface area contributed by atoms with E-state index in [4.69, 9.17) is 28.4 Å². The third-order valence-electron chi connectivity index (χ3n) is 12.0. The summed E-state index contributed by atoms with van der Waals surface area (Å²) in [5, 5.41) is 23.4. The van der Waals surface area contributed by atoms with Gasteiger partial charge in [-0.15, -0.1) is 11.3 Å². The van der Waals surface area contributed by atoms with Crippen LogP contribution < -0.4 is 43.8 Å². The number of hydrogen-bond donors (Lipinski definition) is 4. The van der Waals surface area contributed by atoms with Crippen LogP contribution in [-0.2, 0) is 22.4 Å². The highest BCUT2D eigenvalue weighted by atomic mass is 32.2. The summed E-state index contributed by atoms with van der Waals surface area (Å²) >= 11 is 0.892. The monoisotopic (exact) mass is 1230 g/mol. The van der Waals surface area contributed by atoms with Crippen LogP contribution in [0.25, 0.3) is 33.9 Å². The van der Waals surface area contributed by atoms with Gasteiger partial charge in [0.25, 0.3) is 15.9 Å². The molecule has 450 valence electrons. The minimum Gasteiger partial charge on any atom is -0.497 e. The average molecular weight is 1240 g/mol. The Hall–Kier alpha value is -10.2. The standard InChI is InChI=1S/C29H27F3N8O6S2.C24H21F3N6O5/c1-14-7-23(29(30,31)32)38-40(14)24-22(13-34-28(37-24)36-18-9-19(44-4)11-20(10-18)45-5)17-8-21(26(46-6)33-12-17)25(41)39-48(42,43)27-15(2)35-16(3)47-27;1-12-5-19(24(25,26)27)32-33(12)20-18(13-6-17(22(34)35)21(38-4)28-10-13)11-29-23(31-20)30-14-7-15(36-2)9-16(8-14)37-3/h7-13H,1-6H3,(H,39,41)(H,34,36,37);5-11H,1-4H3,(H,34,35)(H,29,30,31). The first-order chi connectivity index (χ1) is 40.7. The topological polar surface area (TPSA) is 306 Å². The van der Waals surface area contributed by atoms with Crippen molar-refractivity contribution < 1.29 is 77.9 Å². The Morgan fingerprint density at radius 1 is 0.547 bits per heavy atom. The van der Waals surface area contributed by atoms with Gasteiger partial charge in [0.15, 0.2) is 27.2 Å². The first kappa shape index (κ1) is 61.9. The molecular weight excluding hydrogens is 1190 g/mol. The molecule has 0 saturated heterocycles. The van der Waals surface area contributed by atoms with Crippen LogP contribution >= 0.6 is 11.3 Å². The smallest absolute Gasteiger partial charge is 0.435 e. The van der Waals surface area contributed by atoms with Crippen LogP contribution in [0.15, 0.2) is 89.7 Å². The number of amides is 1. The molecule has 4 N–H and O–H groups in total. The number of nitrogens with zero attached hydrogens (tertiary/aromatic N) is 11. The highest BCUT2D eigenvalue weighted by Crippen LogP contribution is 2.37. The number of halogens is 6. The van der Waals surface area contributed by atoms with Gasteiger partial charge >= 0.3 is 18.3 Å². The van der Waals surface area contributed by atoms with E-state index in [1.165, 1.54) is 100 Å². The zero-order valence-corrected chi connectivity index (χ0v) is 48.2. The third kappa shape index (κ3) is 13.7. The van der Waals surface area contributed by atoms with E-state index in [2.05, 4.69) is 55.7 Å². The minimum absolute atomic E-state index is 0.0162. The number of sulfonamides is 1. The molecule has 7 heterocycles. The summed E-state index contributed by atoms with van der Waals surface area (Å²) in [5.74, 6) is -1.06. The molecule has 7 aromatic heterocycles. The van der Waals surface area contributed by atoms with Crippen molar-refractivity contribution in [3.63, 3.8) is 0 Å². The van der Waals surface area contributed by atoms with Gasteiger partial charge in [-0.3, -0.25) is 4.79 Å². The Morgan fingerprint density at radius 2 is 0.953 bits per heavy atom. The summed E-state index contributed by atoms with van der Waals surface area (Å²) < 4.78 is 143. The molecule has 2 aromatic carbocycles. The fourth-order valence-corrected chi connectivity index (χ4v) is 10.5. The van der Waals surface area contributed by atoms with E-state index >= 15 is 0 Å². The molecular formula is C53H48F6N14O11S2. The van der Waals surface area contributed by atoms with E-state index in [-0.39, 0.29) is 90.0 Å². The van der Waals surface area contributed by atoms with E-state index in [0.29, 0.717) is 39.4 Å². The number of thiazole rings is 1. The number of rotatable bonds is 18. The number of alkyl halides is 6. The molecule has 9 aromatic rings. The van der Waals surface area contributed by atoms with Gasteiger partial charge in [0.05, 0.1) is 53.4 Å². The Morgan fingerprint density at radius 3 is 1.30 bits per heavy atom. The lowest BCUT2D eigenvalue weighted by Gasteiger charge is -2.15. The van der Waals surface area contributed by atoms with E-state index in [0.717, 1.165) is 32.8 Å². The molecule has 25 nitrogen and oxygen atoms in total. The van der Waals surface area contributed by atoms with Gasteiger partial charge in [-0.2, -0.15) is 46.5 Å². The van der Waals surface area contributed by atoms with Crippen LogP contribution in [-0.4, -0.2) is 123 Å². The number of aryl methyl sites for hydroxylation is 4. The maximum atomic E-state index is 13.7. The Balaban J connectivity index is 0.000000230. The maximum Gasteiger partial charge on any atom is 0.435 e. The normalized spacial score (nSPS) is 11.5.